The van der Waals surface area contributed by atoms with Gasteiger partial charge in [0.05, 0.1) is 17.9 Å². The number of benzene rings is 2. The van der Waals surface area contributed by atoms with Crippen molar-refractivity contribution in [2.24, 2.45) is 11.8 Å². The Kier molecular flexibility index (Phi) is 6.95. The summed E-state index contributed by atoms with van der Waals surface area (Å²) in [5.74, 6) is -1.50. The Hall–Kier alpha value is -3.05. The van der Waals surface area contributed by atoms with E-state index in [9.17, 15) is 14.4 Å². The SMILES string of the molecule is C=C(C)C1C(C(=O)N(C)Cc2ccccc2)C(C=O)C(C=O)N1Cc1ccccc1. The van der Waals surface area contributed by atoms with Gasteiger partial charge in [-0.3, -0.25) is 9.69 Å². The molecule has 30 heavy (non-hydrogen) atoms. The maximum absolute atomic E-state index is 13.5. The van der Waals surface area contributed by atoms with E-state index in [4.69, 9.17) is 0 Å². The van der Waals surface area contributed by atoms with Gasteiger partial charge in [0.15, 0.2) is 0 Å². The van der Waals surface area contributed by atoms with Crippen LogP contribution in [0.25, 0.3) is 0 Å². The van der Waals surface area contributed by atoms with E-state index in [0.717, 1.165) is 29.3 Å². The van der Waals surface area contributed by atoms with E-state index < -0.39 is 17.9 Å². The lowest BCUT2D eigenvalue weighted by molar-refractivity contribution is -0.138. The smallest absolute Gasteiger partial charge is 0.228 e. The molecule has 0 aliphatic carbocycles. The van der Waals surface area contributed by atoms with E-state index in [2.05, 4.69) is 6.58 Å². The van der Waals surface area contributed by atoms with Crippen molar-refractivity contribution in [1.29, 1.82) is 0 Å². The van der Waals surface area contributed by atoms with Crippen molar-refractivity contribution in [1.82, 2.24) is 9.80 Å². The van der Waals surface area contributed by atoms with Crippen LogP contribution >= 0.6 is 0 Å². The number of carbonyl (C=O) groups excluding carboxylic acids is 3. The van der Waals surface area contributed by atoms with Crippen LogP contribution in [0, 0.1) is 11.8 Å². The second kappa shape index (κ2) is 9.63. The molecule has 0 aromatic heterocycles. The van der Waals surface area contributed by atoms with Crippen LogP contribution in [0.1, 0.15) is 18.1 Å². The number of rotatable bonds is 8. The van der Waals surface area contributed by atoms with Gasteiger partial charge >= 0.3 is 0 Å². The maximum Gasteiger partial charge on any atom is 0.228 e. The Morgan fingerprint density at radius 1 is 1.00 bits per heavy atom. The Labute approximate surface area is 178 Å². The monoisotopic (exact) mass is 404 g/mol. The Morgan fingerprint density at radius 3 is 2.07 bits per heavy atom. The van der Waals surface area contributed by atoms with Crippen LogP contribution in [0.2, 0.25) is 0 Å². The largest absolute Gasteiger partial charge is 0.341 e. The third-order valence-electron chi connectivity index (χ3n) is 5.82. The summed E-state index contributed by atoms with van der Waals surface area (Å²) in [4.78, 5) is 41.1. The molecule has 0 spiro atoms. The number of aldehydes is 2. The zero-order valence-electron chi connectivity index (χ0n) is 17.5. The van der Waals surface area contributed by atoms with Gasteiger partial charge in [0, 0.05) is 26.2 Å². The lowest BCUT2D eigenvalue weighted by Gasteiger charge is -2.31. The van der Waals surface area contributed by atoms with E-state index in [1.54, 1.807) is 11.9 Å². The van der Waals surface area contributed by atoms with E-state index in [1.165, 1.54) is 0 Å². The van der Waals surface area contributed by atoms with Crippen LogP contribution in [0.3, 0.4) is 0 Å². The highest BCUT2D eigenvalue weighted by molar-refractivity contribution is 5.86. The number of likely N-dealkylation sites (tertiary alicyclic amines) is 1. The molecule has 0 N–H and O–H groups in total. The van der Waals surface area contributed by atoms with E-state index in [-0.39, 0.29) is 11.9 Å². The number of hydrogen-bond acceptors (Lipinski definition) is 4. The third kappa shape index (κ3) is 4.41. The van der Waals surface area contributed by atoms with Gasteiger partial charge in [-0.25, -0.2) is 0 Å². The van der Waals surface area contributed by atoms with Gasteiger partial charge in [0.1, 0.15) is 12.6 Å². The molecule has 1 saturated heterocycles. The molecule has 5 nitrogen and oxygen atoms in total. The van der Waals surface area contributed by atoms with Crippen LogP contribution in [0.15, 0.2) is 72.8 Å². The van der Waals surface area contributed by atoms with Crippen LogP contribution < -0.4 is 0 Å². The molecule has 5 heteroatoms. The molecule has 2 aromatic rings. The second-order valence-corrected chi connectivity index (χ2v) is 7.99. The quantitative estimate of drug-likeness (QED) is 0.501. The minimum atomic E-state index is -0.710. The Balaban J connectivity index is 1.92. The fourth-order valence-electron chi connectivity index (χ4n) is 4.45. The van der Waals surface area contributed by atoms with Crippen LogP contribution in [-0.2, 0) is 27.5 Å². The number of amides is 1. The molecule has 2 aromatic carbocycles. The first kappa shape index (κ1) is 21.7. The van der Waals surface area contributed by atoms with Crippen molar-refractivity contribution in [2.75, 3.05) is 7.05 Å². The third-order valence-corrected chi connectivity index (χ3v) is 5.82. The Morgan fingerprint density at radius 2 is 1.57 bits per heavy atom. The van der Waals surface area contributed by atoms with Crippen LogP contribution in [-0.4, -0.2) is 47.4 Å². The zero-order valence-corrected chi connectivity index (χ0v) is 17.5. The summed E-state index contributed by atoms with van der Waals surface area (Å²) in [5.41, 5.74) is 2.80. The highest BCUT2D eigenvalue weighted by atomic mass is 16.2. The lowest BCUT2D eigenvalue weighted by Crippen LogP contribution is -2.43. The lowest BCUT2D eigenvalue weighted by atomic mass is 9.85. The summed E-state index contributed by atoms with van der Waals surface area (Å²) in [6, 6.07) is 18.4. The van der Waals surface area contributed by atoms with Gasteiger partial charge in [-0.1, -0.05) is 72.8 Å². The molecule has 1 heterocycles. The molecular formula is C25H28N2O3. The molecule has 4 unspecified atom stereocenters. The number of nitrogens with zero attached hydrogens (tertiary/aromatic N) is 2. The summed E-state index contributed by atoms with van der Waals surface area (Å²) in [5, 5.41) is 0. The standard InChI is InChI=1S/C25H28N2O3/c1-18(2)24-23(25(30)26(3)14-19-10-6-4-7-11-19)21(16-28)22(17-29)27(24)15-20-12-8-5-9-13-20/h4-13,16-17,21-24H,1,14-15H2,2-3H3. The van der Waals surface area contributed by atoms with Gasteiger partial charge < -0.3 is 14.5 Å². The Bertz CT molecular complexity index is 897. The van der Waals surface area contributed by atoms with Crippen molar-refractivity contribution in [3.05, 3.63) is 83.9 Å². The minimum Gasteiger partial charge on any atom is -0.341 e. The topological polar surface area (TPSA) is 57.7 Å². The summed E-state index contributed by atoms with van der Waals surface area (Å²) in [6.45, 7) is 6.86. The molecule has 1 aliphatic rings. The summed E-state index contributed by atoms with van der Waals surface area (Å²) < 4.78 is 0. The van der Waals surface area contributed by atoms with Gasteiger partial charge in [0.2, 0.25) is 5.91 Å². The van der Waals surface area contributed by atoms with Gasteiger partial charge in [-0.15, -0.1) is 0 Å². The van der Waals surface area contributed by atoms with Crippen molar-refractivity contribution >= 4 is 18.5 Å². The first-order valence-electron chi connectivity index (χ1n) is 10.1. The fourth-order valence-corrected chi connectivity index (χ4v) is 4.45. The normalized spacial score (nSPS) is 23.7. The molecule has 0 saturated carbocycles. The van der Waals surface area contributed by atoms with E-state index in [1.807, 2.05) is 72.5 Å². The number of carbonyl (C=O) groups is 3. The molecule has 0 radical (unpaired) electrons. The molecule has 3 rings (SSSR count). The summed E-state index contributed by atoms with van der Waals surface area (Å²) >= 11 is 0. The molecule has 1 amide bonds. The van der Waals surface area contributed by atoms with E-state index >= 15 is 0 Å². The zero-order chi connectivity index (χ0) is 21.7. The number of hydrogen-bond donors (Lipinski definition) is 0. The first-order chi connectivity index (χ1) is 14.5. The summed E-state index contributed by atoms with van der Waals surface area (Å²) in [6.07, 6.45) is 1.56. The van der Waals surface area contributed by atoms with Crippen LogP contribution in [0.4, 0.5) is 0 Å². The average Bonchev–Trinajstić information content (AvgIpc) is 3.07. The van der Waals surface area contributed by atoms with Crippen molar-refractivity contribution < 1.29 is 14.4 Å². The average molecular weight is 405 g/mol. The molecule has 156 valence electrons. The van der Waals surface area contributed by atoms with Crippen molar-refractivity contribution in [2.45, 2.75) is 32.1 Å². The minimum absolute atomic E-state index is 0.147. The van der Waals surface area contributed by atoms with Crippen molar-refractivity contribution in [3.8, 4) is 0 Å². The molecule has 0 bridgehead atoms. The highest BCUT2D eigenvalue weighted by Gasteiger charge is 2.52. The molecule has 4 atom stereocenters. The van der Waals surface area contributed by atoms with Gasteiger partial charge in [0.25, 0.3) is 0 Å². The van der Waals surface area contributed by atoms with E-state index in [0.29, 0.717) is 13.1 Å². The van der Waals surface area contributed by atoms with Crippen LogP contribution in [0.5, 0.6) is 0 Å². The molecular weight excluding hydrogens is 376 g/mol. The molecule has 1 fully saturated rings. The van der Waals surface area contributed by atoms with Gasteiger partial charge in [-0.2, -0.15) is 0 Å². The predicted molar refractivity (Wildman–Crippen MR) is 116 cm³/mol. The first-order valence-corrected chi connectivity index (χ1v) is 10.1. The molecule has 1 aliphatic heterocycles. The second-order valence-electron chi connectivity index (χ2n) is 7.99. The van der Waals surface area contributed by atoms with Crippen molar-refractivity contribution in [3.63, 3.8) is 0 Å². The summed E-state index contributed by atoms with van der Waals surface area (Å²) in [7, 11) is 1.74. The predicted octanol–water partition coefficient (Wildman–Crippen LogP) is 3.10. The maximum atomic E-state index is 13.5. The fraction of sp³-hybridized carbons (Fsp3) is 0.320. The van der Waals surface area contributed by atoms with Gasteiger partial charge in [-0.05, 0) is 18.1 Å². The highest BCUT2D eigenvalue weighted by Crippen LogP contribution is 2.39.